The van der Waals surface area contributed by atoms with Crippen molar-refractivity contribution in [3.05, 3.63) is 63.7 Å². The number of nitrogens with zero attached hydrogens (tertiary/aromatic N) is 2. The fourth-order valence-electron chi connectivity index (χ4n) is 3.34. The highest BCUT2D eigenvalue weighted by Crippen LogP contribution is 2.31. The van der Waals surface area contributed by atoms with Crippen molar-refractivity contribution in [1.82, 2.24) is 0 Å². The van der Waals surface area contributed by atoms with Crippen LogP contribution >= 0.6 is 0 Å². The van der Waals surface area contributed by atoms with Gasteiger partial charge in [-0.25, -0.2) is 0 Å². The Balaban J connectivity index is 1.87. The van der Waals surface area contributed by atoms with E-state index in [1.165, 1.54) is 6.07 Å². The van der Waals surface area contributed by atoms with E-state index in [0.717, 1.165) is 17.7 Å². The Labute approximate surface area is 164 Å². The minimum absolute atomic E-state index is 0.0650. The SMILES string of the molecule is CC[C@@H](C)c1ccccc1NC(=O)c1ccc(N2CCOCC2)c([N+](=O)[O-])c1. The molecule has 0 spiro atoms. The number of carbonyl (C=O) groups is 1. The molecule has 3 rings (SSSR count). The van der Waals surface area contributed by atoms with E-state index in [2.05, 4.69) is 19.2 Å². The van der Waals surface area contributed by atoms with Crippen molar-refractivity contribution in [3.8, 4) is 0 Å². The molecule has 148 valence electrons. The van der Waals surface area contributed by atoms with Crippen LogP contribution < -0.4 is 10.2 Å². The molecule has 1 heterocycles. The number of amides is 1. The number of carbonyl (C=O) groups excluding carboxylic acids is 1. The molecule has 7 heteroatoms. The van der Waals surface area contributed by atoms with E-state index in [9.17, 15) is 14.9 Å². The highest BCUT2D eigenvalue weighted by Gasteiger charge is 2.23. The molecule has 0 unspecified atom stereocenters. The van der Waals surface area contributed by atoms with Gasteiger partial charge in [0, 0.05) is 30.4 Å². The number of ether oxygens (including phenoxy) is 1. The smallest absolute Gasteiger partial charge is 0.293 e. The van der Waals surface area contributed by atoms with Gasteiger partial charge in [0.25, 0.3) is 11.6 Å². The quantitative estimate of drug-likeness (QED) is 0.597. The Hall–Kier alpha value is -2.93. The van der Waals surface area contributed by atoms with Crippen LogP contribution in [0.3, 0.4) is 0 Å². The molecule has 1 atom stereocenters. The topological polar surface area (TPSA) is 84.7 Å². The summed E-state index contributed by atoms with van der Waals surface area (Å²) in [5.41, 5.74) is 2.51. The second kappa shape index (κ2) is 8.84. The maximum Gasteiger partial charge on any atom is 0.293 e. The number of nitrogens with one attached hydrogen (secondary N) is 1. The van der Waals surface area contributed by atoms with Gasteiger partial charge in [0.15, 0.2) is 0 Å². The average Bonchev–Trinajstić information content (AvgIpc) is 2.73. The van der Waals surface area contributed by atoms with Crippen molar-refractivity contribution < 1.29 is 14.5 Å². The van der Waals surface area contributed by atoms with Crippen LogP contribution in [-0.4, -0.2) is 37.1 Å². The minimum atomic E-state index is -0.436. The number of hydrogen-bond acceptors (Lipinski definition) is 5. The molecule has 1 amide bonds. The number of nitro groups is 1. The lowest BCUT2D eigenvalue weighted by Gasteiger charge is -2.28. The molecule has 1 fully saturated rings. The maximum absolute atomic E-state index is 12.8. The van der Waals surface area contributed by atoms with E-state index in [1.54, 1.807) is 12.1 Å². The Morgan fingerprint density at radius 2 is 1.96 bits per heavy atom. The van der Waals surface area contributed by atoms with Crippen LogP contribution in [0.1, 0.15) is 42.1 Å². The van der Waals surface area contributed by atoms with Crippen LogP contribution in [0.2, 0.25) is 0 Å². The largest absolute Gasteiger partial charge is 0.378 e. The number of rotatable bonds is 6. The van der Waals surface area contributed by atoms with Crippen LogP contribution in [0.5, 0.6) is 0 Å². The minimum Gasteiger partial charge on any atom is -0.378 e. The normalized spacial score (nSPS) is 15.1. The Bertz CT molecular complexity index is 862. The van der Waals surface area contributed by atoms with Crippen LogP contribution in [-0.2, 0) is 4.74 Å². The summed E-state index contributed by atoms with van der Waals surface area (Å²) in [6, 6.07) is 12.3. The number of morpholine rings is 1. The van der Waals surface area contributed by atoms with Gasteiger partial charge in [0.2, 0.25) is 0 Å². The molecule has 1 aliphatic heterocycles. The fraction of sp³-hybridized carbons (Fsp3) is 0.381. The lowest BCUT2D eigenvalue weighted by atomic mass is 9.96. The van der Waals surface area contributed by atoms with Gasteiger partial charge in [-0.05, 0) is 36.1 Å². The number of benzene rings is 2. The molecule has 1 N–H and O–H groups in total. The van der Waals surface area contributed by atoms with Crippen molar-refractivity contribution in [3.63, 3.8) is 0 Å². The predicted molar refractivity (Wildman–Crippen MR) is 109 cm³/mol. The first-order chi connectivity index (χ1) is 13.5. The van der Waals surface area contributed by atoms with Gasteiger partial charge in [-0.1, -0.05) is 32.0 Å². The summed E-state index contributed by atoms with van der Waals surface area (Å²) in [6.45, 7) is 6.45. The van der Waals surface area contributed by atoms with Gasteiger partial charge in [0.05, 0.1) is 18.1 Å². The molecule has 0 saturated carbocycles. The molecule has 1 saturated heterocycles. The van der Waals surface area contributed by atoms with E-state index in [4.69, 9.17) is 4.74 Å². The second-order valence-electron chi connectivity index (χ2n) is 6.91. The van der Waals surface area contributed by atoms with Gasteiger partial charge in [-0.15, -0.1) is 0 Å². The summed E-state index contributed by atoms with van der Waals surface area (Å²) >= 11 is 0. The first kappa shape index (κ1) is 19.8. The maximum atomic E-state index is 12.8. The molecular weight excluding hydrogens is 358 g/mol. The first-order valence-electron chi connectivity index (χ1n) is 9.52. The van der Waals surface area contributed by atoms with Gasteiger partial charge >= 0.3 is 0 Å². The molecule has 0 aromatic heterocycles. The van der Waals surface area contributed by atoms with E-state index >= 15 is 0 Å². The van der Waals surface area contributed by atoms with Crippen molar-refractivity contribution >= 4 is 23.0 Å². The molecule has 2 aromatic carbocycles. The second-order valence-corrected chi connectivity index (χ2v) is 6.91. The average molecular weight is 383 g/mol. The molecule has 7 nitrogen and oxygen atoms in total. The number of hydrogen-bond donors (Lipinski definition) is 1. The lowest BCUT2D eigenvalue weighted by molar-refractivity contribution is -0.384. The first-order valence-corrected chi connectivity index (χ1v) is 9.52. The lowest BCUT2D eigenvalue weighted by Crippen LogP contribution is -2.36. The summed E-state index contributed by atoms with van der Waals surface area (Å²) in [7, 11) is 0. The molecule has 0 radical (unpaired) electrons. The van der Waals surface area contributed by atoms with Crippen molar-refractivity contribution in [2.24, 2.45) is 0 Å². The zero-order valence-corrected chi connectivity index (χ0v) is 16.2. The number of nitro benzene ring substituents is 1. The number of anilines is 2. The molecule has 0 bridgehead atoms. The van der Waals surface area contributed by atoms with Crippen molar-refractivity contribution in [1.29, 1.82) is 0 Å². The molecule has 1 aliphatic rings. The number of para-hydroxylation sites is 1. The van der Waals surface area contributed by atoms with Crippen molar-refractivity contribution in [2.75, 3.05) is 36.5 Å². The molecule has 28 heavy (non-hydrogen) atoms. The standard InChI is InChI=1S/C21H25N3O4/c1-3-15(2)17-6-4-5-7-18(17)22-21(25)16-8-9-19(20(14-16)24(26)27)23-10-12-28-13-11-23/h4-9,14-15H,3,10-13H2,1-2H3,(H,22,25)/t15-/m1/s1. The van der Waals surface area contributed by atoms with E-state index in [1.807, 2.05) is 29.2 Å². The molecule has 0 aliphatic carbocycles. The van der Waals surface area contributed by atoms with Crippen LogP contribution in [0.25, 0.3) is 0 Å². The van der Waals surface area contributed by atoms with E-state index in [0.29, 0.717) is 37.9 Å². The summed E-state index contributed by atoms with van der Waals surface area (Å²) in [6.07, 6.45) is 0.951. The Kier molecular flexibility index (Phi) is 6.26. The molecular formula is C21H25N3O4. The van der Waals surface area contributed by atoms with Gasteiger partial charge in [-0.3, -0.25) is 14.9 Å². The summed E-state index contributed by atoms with van der Waals surface area (Å²) < 4.78 is 5.31. The van der Waals surface area contributed by atoms with Crippen LogP contribution in [0.4, 0.5) is 17.1 Å². The third kappa shape index (κ3) is 4.31. The fourth-order valence-corrected chi connectivity index (χ4v) is 3.34. The predicted octanol–water partition coefficient (Wildman–Crippen LogP) is 4.20. The Morgan fingerprint density at radius 3 is 2.64 bits per heavy atom. The third-order valence-electron chi connectivity index (χ3n) is 5.14. The summed E-state index contributed by atoms with van der Waals surface area (Å²) in [4.78, 5) is 25.9. The monoisotopic (exact) mass is 383 g/mol. The van der Waals surface area contributed by atoms with Gasteiger partial charge < -0.3 is 15.0 Å². The summed E-state index contributed by atoms with van der Waals surface area (Å²) in [5, 5.41) is 14.5. The van der Waals surface area contributed by atoms with Crippen molar-refractivity contribution in [2.45, 2.75) is 26.2 Å². The van der Waals surface area contributed by atoms with Crippen LogP contribution in [0, 0.1) is 10.1 Å². The Morgan fingerprint density at radius 1 is 1.25 bits per heavy atom. The van der Waals surface area contributed by atoms with E-state index < -0.39 is 4.92 Å². The van der Waals surface area contributed by atoms with E-state index in [-0.39, 0.29) is 17.2 Å². The highest BCUT2D eigenvalue weighted by atomic mass is 16.6. The zero-order chi connectivity index (χ0) is 20.1. The molecule has 2 aromatic rings. The van der Waals surface area contributed by atoms with Gasteiger partial charge in [-0.2, -0.15) is 0 Å². The summed E-state index contributed by atoms with van der Waals surface area (Å²) in [5.74, 6) is -0.0538. The van der Waals surface area contributed by atoms with Crippen LogP contribution in [0.15, 0.2) is 42.5 Å². The zero-order valence-electron chi connectivity index (χ0n) is 16.2. The van der Waals surface area contributed by atoms with Gasteiger partial charge in [0.1, 0.15) is 5.69 Å². The highest BCUT2D eigenvalue weighted by molar-refractivity contribution is 6.05. The third-order valence-corrected chi connectivity index (χ3v) is 5.14.